The van der Waals surface area contributed by atoms with Gasteiger partial charge < -0.3 is 4.74 Å². The number of halogens is 1. The van der Waals surface area contributed by atoms with Crippen molar-refractivity contribution in [3.8, 4) is 5.75 Å². The first-order valence-corrected chi connectivity index (χ1v) is 3.58. The van der Waals surface area contributed by atoms with Gasteiger partial charge in [0.2, 0.25) is 5.78 Å². The minimum absolute atomic E-state index is 0.154. The van der Waals surface area contributed by atoms with E-state index in [9.17, 15) is 14.0 Å². The number of ether oxygens (including phenoxy) is 1. The Balaban J connectivity index is 2.70. The third kappa shape index (κ3) is 2.66. The fourth-order valence-electron chi connectivity index (χ4n) is 0.682. The van der Waals surface area contributed by atoms with Crippen molar-refractivity contribution in [1.82, 2.24) is 0 Å². The van der Waals surface area contributed by atoms with Crippen molar-refractivity contribution < 1.29 is 18.7 Å². The van der Waals surface area contributed by atoms with Crippen molar-refractivity contribution in [1.29, 1.82) is 0 Å². The van der Waals surface area contributed by atoms with E-state index in [4.69, 9.17) is 0 Å². The molecule has 0 unspecified atom stereocenters. The van der Waals surface area contributed by atoms with Crippen LogP contribution in [0.2, 0.25) is 0 Å². The highest BCUT2D eigenvalue weighted by Crippen LogP contribution is 2.10. The van der Waals surface area contributed by atoms with Crippen LogP contribution in [0.15, 0.2) is 24.3 Å². The molecule has 0 bridgehead atoms. The predicted molar refractivity (Wildman–Crippen MR) is 42.7 cm³/mol. The molecule has 0 spiro atoms. The first-order chi connectivity index (χ1) is 6.09. The zero-order valence-electron chi connectivity index (χ0n) is 6.91. The summed E-state index contributed by atoms with van der Waals surface area (Å²) in [6.07, 6.45) is 0. The SMILES string of the molecule is CC(=O)C(=O)Oc1ccc(F)cc1. The highest BCUT2D eigenvalue weighted by molar-refractivity contribution is 6.33. The van der Waals surface area contributed by atoms with E-state index in [2.05, 4.69) is 4.74 Å². The molecule has 0 saturated carbocycles. The number of rotatable bonds is 2. The second-order valence-corrected chi connectivity index (χ2v) is 2.40. The molecule has 0 aliphatic carbocycles. The molecule has 13 heavy (non-hydrogen) atoms. The van der Waals surface area contributed by atoms with Crippen LogP contribution in [-0.4, -0.2) is 11.8 Å². The molecule has 0 N–H and O–H groups in total. The lowest BCUT2D eigenvalue weighted by Gasteiger charge is -1.99. The summed E-state index contributed by atoms with van der Waals surface area (Å²) in [7, 11) is 0. The van der Waals surface area contributed by atoms with Crippen LogP contribution < -0.4 is 4.74 Å². The third-order valence-electron chi connectivity index (χ3n) is 1.31. The molecular formula is C9H7FO3. The van der Waals surface area contributed by atoms with Gasteiger partial charge in [-0.2, -0.15) is 0 Å². The number of carbonyl (C=O) groups excluding carboxylic acids is 2. The Kier molecular flexibility index (Phi) is 2.74. The minimum Gasteiger partial charge on any atom is -0.421 e. The molecule has 0 heterocycles. The topological polar surface area (TPSA) is 43.4 Å². The summed E-state index contributed by atoms with van der Waals surface area (Å²) in [6.45, 7) is 1.10. The standard InChI is InChI=1S/C9H7FO3/c1-6(11)9(12)13-8-4-2-7(10)3-5-8/h2-5H,1H3. The van der Waals surface area contributed by atoms with E-state index in [-0.39, 0.29) is 5.75 Å². The number of carbonyl (C=O) groups is 2. The van der Waals surface area contributed by atoms with Gasteiger partial charge in [-0.05, 0) is 24.3 Å². The fourth-order valence-corrected chi connectivity index (χ4v) is 0.682. The van der Waals surface area contributed by atoms with E-state index in [1.54, 1.807) is 0 Å². The van der Waals surface area contributed by atoms with Crippen LogP contribution in [0, 0.1) is 5.82 Å². The van der Waals surface area contributed by atoms with E-state index < -0.39 is 17.6 Å². The molecule has 68 valence electrons. The molecule has 0 saturated heterocycles. The van der Waals surface area contributed by atoms with Gasteiger partial charge in [-0.15, -0.1) is 0 Å². The number of Topliss-reactive ketones (excluding diaryl/α,β-unsaturated/α-hetero) is 1. The maximum Gasteiger partial charge on any atom is 0.379 e. The minimum atomic E-state index is -0.952. The smallest absolute Gasteiger partial charge is 0.379 e. The second kappa shape index (κ2) is 3.80. The van der Waals surface area contributed by atoms with Crippen LogP contribution >= 0.6 is 0 Å². The largest absolute Gasteiger partial charge is 0.421 e. The summed E-state index contributed by atoms with van der Waals surface area (Å²) in [5, 5.41) is 0. The maximum atomic E-state index is 12.4. The summed E-state index contributed by atoms with van der Waals surface area (Å²) in [4.78, 5) is 21.2. The molecule has 0 atom stereocenters. The summed E-state index contributed by atoms with van der Waals surface area (Å²) < 4.78 is 17.0. The molecule has 0 fully saturated rings. The van der Waals surface area contributed by atoms with Crippen LogP contribution in [0.3, 0.4) is 0 Å². The van der Waals surface area contributed by atoms with Gasteiger partial charge in [0.05, 0.1) is 0 Å². The van der Waals surface area contributed by atoms with Crippen LogP contribution in [0.1, 0.15) is 6.92 Å². The van der Waals surface area contributed by atoms with Gasteiger partial charge >= 0.3 is 5.97 Å². The molecule has 0 radical (unpaired) electrons. The summed E-state index contributed by atoms with van der Waals surface area (Å²) in [6, 6.07) is 4.83. The Morgan fingerprint density at radius 2 is 1.77 bits per heavy atom. The quantitative estimate of drug-likeness (QED) is 0.393. The zero-order chi connectivity index (χ0) is 9.84. The number of benzene rings is 1. The summed E-state index contributed by atoms with van der Waals surface area (Å²) in [5.74, 6) is -1.92. The average molecular weight is 182 g/mol. The Morgan fingerprint density at radius 3 is 2.23 bits per heavy atom. The Labute approximate surface area is 74.1 Å². The first kappa shape index (κ1) is 9.38. The average Bonchev–Trinajstić information content (AvgIpc) is 2.08. The van der Waals surface area contributed by atoms with Crippen molar-refractivity contribution in [2.45, 2.75) is 6.92 Å². The molecule has 0 aromatic heterocycles. The van der Waals surface area contributed by atoms with Crippen LogP contribution in [0.25, 0.3) is 0 Å². The lowest BCUT2D eigenvalue weighted by atomic mass is 10.3. The van der Waals surface area contributed by atoms with E-state index in [0.29, 0.717) is 0 Å². The number of hydrogen-bond donors (Lipinski definition) is 0. The van der Waals surface area contributed by atoms with E-state index >= 15 is 0 Å². The van der Waals surface area contributed by atoms with Gasteiger partial charge in [-0.1, -0.05) is 0 Å². The van der Waals surface area contributed by atoms with Crippen molar-refractivity contribution >= 4 is 11.8 Å². The van der Waals surface area contributed by atoms with Gasteiger partial charge in [0.1, 0.15) is 11.6 Å². The maximum absolute atomic E-state index is 12.4. The van der Waals surface area contributed by atoms with Gasteiger partial charge in [-0.25, -0.2) is 9.18 Å². The van der Waals surface area contributed by atoms with Crippen molar-refractivity contribution in [2.75, 3.05) is 0 Å². The molecule has 0 amide bonds. The summed E-state index contributed by atoms with van der Waals surface area (Å²) in [5.41, 5.74) is 0. The Morgan fingerprint density at radius 1 is 1.23 bits per heavy atom. The van der Waals surface area contributed by atoms with Crippen molar-refractivity contribution in [2.24, 2.45) is 0 Å². The van der Waals surface area contributed by atoms with E-state index in [1.165, 1.54) is 12.1 Å². The van der Waals surface area contributed by atoms with Gasteiger partial charge in [0, 0.05) is 6.92 Å². The third-order valence-corrected chi connectivity index (χ3v) is 1.31. The van der Waals surface area contributed by atoms with Gasteiger partial charge in [-0.3, -0.25) is 4.79 Å². The van der Waals surface area contributed by atoms with Crippen LogP contribution in [0.4, 0.5) is 4.39 Å². The van der Waals surface area contributed by atoms with Crippen LogP contribution in [-0.2, 0) is 9.59 Å². The Bertz CT molecular complexity index is 329. The predicted octanol–water partition coefficient (Wildman–Crippen LogP) is 1.32. The van der Waals surface area contributed by atoms with Crippen LogP contribution in [0.5, 0.6) is 5.75 Å². The lowest BCUT2D eigenvalue weighted by Crippen LogP contribution is -2.16. The molecule has 4 heteroatoms. The normalized spacial score (nSPS) is 9.38. The van der Waals surface area contributed by atoms with E-state index in [0.717, 1.165) is 19.1 Å². The highest BCUT2D eigenvalue weighted by atomic mass is 19.1. The van der Waals surface area contributed by atoms with Gasteiger partial charge in [0.15, 0.2) is 0 Å². The molecule has 1 rings (SSSR count). The number of hydrogen-bond acceptors (Lipinski definition) is 3. The second-order valence-electron chi connectivity index (χ2n) is 2.40. The summed E-state index contributed by atoms with van der Waals surface area (Å²) >= 11 is 0. The first-order valence-electron chi connectivity index (χ1n) is 3.58. The van der Waals surface area contributed by atoms with E-state index in [1.807, 2.05) is 0 Å². The fraction of sp³-hybridized carbons (Fsp3) is 0.111. The number of ketones is 1. The molecular weight excluding hydrogens is 175 g/mol. The highest BCUT2D eigenvalue weighted by Gasteiger charge is 2.09. The number of esters is 1. The van der Waals surface area contributed by atoms with Crippen molar-refractivity contribution in [3.05, 3.63) is 30.1 Å². The zero-order valence-corrected chi connectivity index (χ0v) is 6.91. The monoisotopic (exact) mass is 182 g/mol. The lowest BCUT2D eigenvalue weighted by molar-refractivity contribution is -0.146. The van der Waals surface area contributed by atoms with Crippen molar-refractivity contribution in [3.63, 3.8) is 0 Å². The van der Waals surface area contributed by atoms with Gasteiger partial charge in [0.25, 0.3) is 0 Å². The molecule has 1 aromatic carbocycles. The molecule has 0 aliphatic heterocycles. The molecule has 3 nitrogen and oxygen atoms in total. The molecule has 0 aliphatic rings. The Hall–Kier alpha value is -1.71. The molecule has 1 aromatic rings.